The molecule has 0 aromatic heterocycles. The summed E-state index contributed by atoms with van der Waals surface area (Å²) in [7, 11) is 0. The quantitative estimate of drug-likeness (QED) is 0.762. The highest BCUT2D eigenvalue weighted by atomic mass is 16.5. The topological polar surface area (TPSA) is 29.5 Å². The van der Waals surface area contributed by atoms with E-state index in [1.807, 2.05) is 6.92 Å². The SMILES string of the molecule is CC(C)N(C(=O)[C@@H](C)O[C@@H]1CCC[C@@H](C)C1)C1CCCC1. The van der Waals surface area contributed by atoms with Crippen LogP contribution >= 0.6 is 0 Å². The van der Waals surface area contributed by atoms with Crippen LogP contribution in [0.3, 0.4) is 0 Å². The molecule has 2 saturated carbocycles. The van der Waals surface area contributed by atoms with E-state index in [4.69, 9.17) is 4.74 Å². The molecule has 0 saturated heterocycles. The smallest absolute Gasteiger partial charge is 0.251 e. The van der Waals surface area contributed by atoms with E-state index in [1.54, 1.807) is 0 Å². The Labute approximate surface area is 130 Å². The molecule has 2 rings (SSSR count). The summed E-state index contributed by atoms with van der Waals surface area (Å²) in [6.45, 7) is 8.50. The van der Waals surface area contributed by atoms with Crippen molar-refractivity contribution < 1.29 is 9.53 Å². The number of ether oxygens (including phenoxy) is 1. The highest BCUT2D eigenvalue weighted by Gasteiger charge is 2.33. The van der Waals surface area contributed by atoms with E-state index in [0.717, 1.165) is 31.6 Å². The van der Waals surface area contributed by atoms with Gasteiger partial charge in [0, 0.05) is 12.1 Å². The molecule has 0 heterocycles. The standard InChI is InChI=1S/C18H33NO2/c1-13(2)19(16-9-5-6-10-16)18(20)15(4)21-17-11-7-8-14(3)12-17/h13-17H,5-12H2,1-4H3/t14-,15-,17-/m1/s1. The minimum Gasteiger partial charge on any atom is -0.365 e. The van der Waals surface area contributed by atoms with Crippen LogP contribution in [0.15, 0.2) is 0 Å². The van der Waals surface area contributed by atoms with E-state index in [-0.39, 0.29) is 24.2 Å². The molecule has 21 heavy (non-hydrogen) atoms. The third kappa shape index (κ3) is 4.45. The van der Waals surface area contributed by atoms with Crippen molar-refractivity contribution in [3.8, 4) is 0 Å². The molecule has 0 aliphatic heterocycles. The summed E-state index contributed by atoms with van der Waals surface area (Å²) >= 11 is 0. The second kappa shape index (κ2) is 7.62. The Morgan fingerprint density at radius 3 is 2.29 bits per heavy atom. The van der Waals surface area contributed by atoms with Gasteiger partial charge in [0.1, 0.15) is 6.10 Å². The fraction of sp³-hybridized carbons (Fsp3) is 0.944. The molecule has 0 radical (unpaired) electrons. The van der Waals surface area contributed by atoms with Crippen LogP contribution in [-0.4, -0.2) is 35.1 Å². The van der Waals surface area contributed by atoms with Gasteiger partial charge in [-0.2, -0.15) is 0 Å². The summed E-state index contributed by atoms with van der Waals surface area (Å²) in [5.41, 5.74) is 0. The maximum atomic E-state index is 12.8. The van der Waals surface area contributed by atoms with Gasteiger partial charge in [-0.25, -0.2) is 0 Å². The molecule has 2 aliphatic rings. The van der Waals surface area contributed by atoms with Crippen molar-refractivity contribution in [2.24, 2.45) is 5.92 Å². The van der Waals surface area contributed by atoms with Crippen LogP contribution in [0.5, 0.6) is 0 Å². The normalized spacial score (nSPS) is 28.8. The summed E-state index contributed by atoms with van der Waals surface area (Å²) in [4.78, 5) is 14.9. The molecular weight excluding hydrogens is 262 g/mol. The number of carbonyl (C=O) groups excluding carboxylic acids is 1. The van der Waals surface area contributed by atoms with E-state index >= 15 is 0 Å². The van der Waals surface area contributed by atoms with E-state index in [0.29, 0.717) is 6.04 Å². The van der Waals surface area contributed by atoms with Crippen molar-refractivity contribution in [3.63, 3.8) is 0 Å². The molecule has 2 fully saturated rings. The predicted octanol–water partition coefficient (Wildman–Crippen LogP) is 4.15. The molecule has 1 amide bonds. The Bertz CT molecular complexity index is 336. The van der Waals surface area contributed by atoms with Crippen LogP contribution in [0.4, 0.5) is 0 Å². The van der Waals surface area contributed by atoms with Crippen molar-refractivity contribution in [3.05, 3.63) is 0 Å². The summed E-state index contributed by atoms with van der Waals surface area (Å²) in [6.07, 6.45) is 9.62. The van der Waals surface area contributed by atoms with Gasteiger partial charge in [0.15, 0.2) is 0 Å². The average Bonchev–Trinajstić information content (AvgIpc) is 2.92. The maximum absolute atomic E-state index is 12.8. The first-order valence-corrected chi connectivity index (χ1v) is 8.96. The first kappa shape index (κ1) is 16.8. The Morgan fingerprint density at radius 2 is 1.71 bits per heavy atom. The summed E-state index contributed by atoms with van der Waals surface area (Å²) in [6, 6.07) is 0.714. The number of rotatable bonds is 5. The van der Waals surface area contributed by atoms with Crippen LogP contribution in [0, 0.1) is 5.92 Å². The van der Waals surface area contributed by atoms with Gasteiger partial charge in [-0.1, -0.05) is 32.6 Å². The molecule has 0 aromatic carbocycles. The summed E-state index contributed by atoms with van der Waals surface area (Å²) < 4.78 is 6.12. The molecule has 122 valence electrons. The van der Waals surface area contributed by atoms with E-state index in [1.165, 1.54) is 25.7 Å². The lowest BCUT2D eigenvalue weighted by atomic mass is 9.88. The largest absolute Gasteiger partial charge is 0.365 e. The summed E-state index contributed by atoms with van der Waals surface area (Å²) in [5, 5.41) is 0. The Kier molecular flexibility index (Phi) is 6.09. The molecule has 3 atom stereocenters. The molecular formula is C18H33NO2. The van der Waals surface area contributed by atoms with Crippen molar-refractivity contribution in [1.82, 2.24) is 4.90 Å². The molecule has 3 nitrogen and oxygen atoms in total. The van der Waals surface area contributed by atoms with E-state index in [2.05, 4.69) is 25.7 Å². The molecule has 2 aliphatic carbocycles. The Hall–Kier alpha value is -0.570. The highest BCUT2D eigenvalue weighted by molar-refractivity contribution is 5.81. The second-order valence-corrected chi connectivity index (χ2v) is 7.45. The van der Waals surface area contributed by atoms with Crippen molar-refractivity contribution in [2.75, 3.05) is 0 Å². The molecule has 0 unspecified atom stereocenters. The third-order valence-corrected chi connectivity index (χ3v) is 5.16. The molecule has 0 N–H and O–H groups in total. The molecule has 3 heteroatoms. The van der Waals surface area contributed by atoms with Gasteiger partial charge >= 0.3 is 0 Å². The maximum Gasteiger partial charge on any atom is 0.251 e. The second-order valence-electron chi connectivity index (χ2n) is 7.45. The lowest BCUT2D eigenvalue weighted by Crippen LogP contribution is -2.49. The number of amides is 1. The van der Waals surface area contributed by atoms with Crippen LogP contribution in [0.25, 0.3) is 0 Å². The lowest BCUT2D eigenvalue weighted by Gasteiger charge is -2.36. The third-order valence-electron chi connectivity index (χ3n) is 5.16. The predicted molar refractivity (Wildman–Crippen MR) is 86.2 cm³/mol. The van der Waals surface area contributed by atoms with Crippen molar-refractivity contribution >= 4 is 5.91 Å². The van der Waals surface area contributed by atoms with Crippen molar-refractivity contribution in [2.45, 2.75) is 103 Å². The van der Waals surface area contributed by atoms with Crippen LogP contribution < -0.4 is 0 Å². The van der Waals surface area contributed by atoms with E-state index in [9.17, 15) is 4.79 Å². The van der Waals surface area contributed by atoms with Gasteiger partial charge in [-0.3, -0.25) is 4.79 Å². The Balaban J connectivity index is 1.92. The molecule has 0 aromatic rings. The minimum absolute atomic E-state index is 0.204. The number of nitrogens with zero attached hydrogens (tertiary/aromatic N) is 1. The van der Waals surface area contributed by atoms with Crippen LogP contribution in [0.2, 0.25) is 0 Å². The highest BCUT2D eigenvalue weighted by Crippen LogP contribution is 2.29. The van der Waals surface area contributed by atoms with Gasteiger partial charge < -0.3 is 9.64 Å². The number of carbonyl (C=O) groups is 1. The monoisotopic (exact) mass is 295 g/mol. The van der Waals surface area contributed by atoms with Gasteiger partial charge in [0.2, 0.25) is 0 Å². The molecule has 0 spiro atoms. The average molecular weight is 295 g/mol. The van der Waals surface area contributed by atoms with Crippen molar-refractivity contribution in [1.29, 1.82) is 0 Å². The number of hydrogen-bond donors (Lipinski definition) is 0. The fourth-order valence-electron chi connectivity index (χ4n) is 4.10. The first-order valence-electron chi connectivity index (χ1n) is 8.96. The first-order chi connectivity index (χ1) is 9.99. The van der Waals surface area contributed by atoms with Gasteiger partial charge in [-0.15, -0.1) is 0 Å². The zero-order chi connectivity index (χ0) is 15.4. The fourth-order valence-corrected chi connectivity index (χ4v) is 4.10. The van der Waals surface area contributed by atoms with Gasteiger partial charge in [0.05, 0.1) is 6.10 Å². The van der Waals surface area contributed by atoms with Crippen LogP contribution in [0.1, 0.15) is 79.1 Å². The minimum atomic E-state index is -0.289. The number of hydrogen-bond acceptors (Lipinski definition) is 2. The molecule has 0 bridgehead atoms. The summed E-state index contributed by atoms with van der Waals surface area (Å²) in [5.74, 6) is 0.942. The van der Waals surface area contributed by atoms with Crippen LogP contribution in [-0.2, 0) is 9.53 Å². The Morgan fingerprint density at radius 1 is 1.05 bits per heavy atom. The lowest BCUT2D eigenvalue weighted by molar-refractivity contribution is -0.152. The van der Waals surface area contributed by atoms with Gasteiger partial charge in [-0.05, 0) is 52.4 Å². The van der Waals surface area contributed by atoms with Gasteiger partial charge in [0.25, 0.3) is 5.91 Å². The zero-order valence-electron chi connectivity index (χ0n) is 14.3. The zero-order valence-corrected chi connectivity index (χ0v) is 14.3. The van der Waals surface area contributed by atoms with E-state index < -0.39 is 0 Å².